The second-order valence-electron chi connectivity index (χ2n) is 7.43. The van der Waals surface area contributed by atoms with Crippen molar-refractivity contribution in [2.75, 3.05) is 17.6 Å². The largest absolute Gasteiger partial charge is 0.352 e. The first-order valence-corrected chi connectivity index (χ1v) is 11.5. The summed E-state index contributed by atoms with van der Waals surface area (Å²) in [5.74, 6) is 0.164. The molecule has 2 aromatic carbocycles. The fourth-order valence-electron chi connectivity index (χ4n) is 2.94. The number of anilines is 1. The van der Waals surface area contributed by atoms with Crippen molar-refractivity contribution in [3.63, 3.8) is 0 Å². The van der Waals surface area contributed by atoms with Crippen molar-refractivity contribution < 1.29 is 18.0 Å². The molecule has 0 bridgehead atoms. The van der Waals surface area contributed by atoms with Gasteiger partial charge in [-0.25, -0.2) is 8.42 Å². The Hall–Kier alpha value is -2.67. The number of amides is 2. The average molecular weight is 415 g/mol. The van der Waals surface area contributed by atoms with Crippen LogP contribution in [0.15, 0.2) is 53.4 Å². The molecule has 0 aromatic heterocycles. The first kappa shape index (κ1) is 21.0. The van der Waals surface area contributed by atoms with Crippen LogP contribution in [0.1, 0.15) is 42.1 Å². The fraction of sp³-hybridized carbons (Fsp3) is 0.364. The van der Waals surface area contributed by atoms with Crippen LogP contribution in [0.5, 0.6) is 0 Å². The van der Waals surface area contributed by atoms with Gasteiger partial charge in [0.2, 0.25) is 5.91 Å². The summed E-state index contributed by atoms with van der Waals surface area (Å²) >= 11 is 0. The molecular weight excluding hydrogens is 388 g/mol. The Kier molecular flexibility index (Phi) is 6.69. The zero-order chi connectivity index (χ0) is 20.9. The first-order chi connectivity index (χ1) is 13.9. The highest BCUT2D eigenvalue weighted by atomic mass is 32.2. The van der Waals surface area contributed by atoms with Crippen LogP contribution in [0.2, 0.25) is 0 Å². The Balaban J connectivity index is 1.54. The van der Waals surface area contributed by atoms with E-state index in [9.17, 15) is 18.0 Å². The van der Waals surface area contributed by atoms with E-state index in [2.05, 4.69) is 10.6 Å². The predicted molar refractivity (Wildman–Crippen MR) is 113 cm³/mol. The van der Waals surface area contributed by atoms with Crippen LogP contribution in [-0.2, 0) is 21.1 Å². The number of sulfone groups is 1. The number of carbonyl (C=O) groups is 2. The number of hydrogen-bond donors (Lipinski definition) is 2. The molecule has 2 amide bonds. The molecule has 7 heteroatoms. The summed E-state index contributed by atoms with van der Waals surface area (Å²) in [7, 11) is -3.24. The normalized spacial score (nSPS) is 13.7. The fourth-order valence-corrected chi connectivity index (χ4v) is 4.64. The van der Waals surface area contributed by atoms with Gasteiger partial charge in [-0.15, -0.1) is 0 Å². The van der Waals surface area contributed by atoms with Crippen molar-refractivity contribution in [1.82, 2.24) is 5.32 Å². The van der Waals surface area contributed by atoms with Crippen LogP contribution in [0.3, 0.4) is 0 Å². The summed E-state index contributed by atoms with van der Waals surface area (Å²) in [6, 6.07) is 13.2. The Labute approximate surface area is 171 Å². The van der Waals surface area contributed by atoms with Crippen LogP contribution >= 0.6 is 0 Å². The molecule has 3 rings (SSSR count). The molecule has 154 valence electrons. The maximum absolute atomic E-state index is 12.3. The van der Waals surface area contributed by atoms with E-state index in [0.29, 0.717) is 28.6 Å². The lowest BCUT2D eigenvalue weighted by atomic mass is 10.1. The van der Waals surface area contributed by atoms with Crippen molar-refractivity contribution in [3.05, 3.63) is 59.7 Å². The summed E-state index contributed by atoms with van der Waals surface area (Å²) in [6.07, 6.45) is 2.98. The Morgan fingerprint density at radius 3 is 2.24 bits per heavy atom. The number of hydrogen-bond acceptors (Lipinski definition) is 4. The van der Waals surface area contributed by atoms with E-state index < -0.39 is 9.84 Å². The molecule has 1 aliphatic rings. The Bertz CT molecular complexity index is 963. The van der Waals surface area contributed by atoms with Crippen LogP contribution in [0.25, 0.3) is 0 Å². The molecule has 0 heterocycles. The molecule has 0 unspecified atom stereocenters. The standard InChI is InChI=1S/C22H26N2O4S/c1-2-13-23-22(26)18-7-9-19(10-8-18)24-21(25)14-16-5-11-20(12-6-16)29(27,28)15-17-3-4-17/h5-12,17H,2-4,13-15H2,1H3,(H,23,26)(H,24,25). The third kappa shape index (κ3) is 6.15. The third-order valence-corrected chi connectivity index (χ3v) is 6.67. The molecule has 1 aliphatic carbocycles. The summed E-state index contributed by atoms with van der Waals surface area (Å²) in [6.45, 7) is 2.61. The summed E-state index contributed by atoms with van der Waals surface area (Å²) < 4.78 is 24.6. The molecule has 0 radical (unpaired) electrons. The van der Waals surface area contributed by atoms with Gasteiger partial charge in [0.25, 0.3) is 5.91 Å². The van der Waals surface area contributed by atoms with Gasteiger partial charge in [-0.2, -0.15) is 0 Å². The van der Waals surface area contributed by atoms with Gasteiger partial charge in [0.15, 0.2) is 9.84 Å². The van der Waals surface area contributed by atoms with E-state index in [1.807, 2.05) is 6.92 Å². The first-order valence-electron chi connectivity index (χ1n) is 9.87. The predicted octanol–water partition coefficient (Wildman–Crippen LogP) is 3.19. The summed E-state index contributed by atoms with van der Waals surface area (Å²) in [5.41, 5.74) is 1.88. The minimum atomic E-state index is -3.24. The molecular formula is C22H26N2O4S. The second-order valence-corrected chi connectivity index (χ2v) is 9.46. The van der Waals surface area contributed by atoms with Gasteiger partial charge in [-0.05, 0) is 67.1 Å². The number of carbonyl (C=O) groups excluding carboxylic acids is 2. The molecule has 29 heavy (non-hydrogen) atoms. The van der Waals surface area contributed by atoms with Crippen LogP contribution in [0, 0.1) is 5.92 Å². The second kappa shape index (κ2) is 9.22. The Morgan fingerprint density at radius 1 is 1.00 bits per heavy atom. The van der Waals surface area contributed by atoms with E-state index in [1.54, 1.807) is 48.5 Å². The highest BCUT2D eigenvalue weighted by molar-refractivity contribution is 7.91. The highest BCUT2D eigenvalue weighted by Crippen LogP contribution is 2.32. The monoisotopic (exact) mass is 414 g/mol. The minimum Gasteiger partial charge on any atom is -0.352 e. The summed E-state index contributed by atoms with van der Waals surface area (Å²) in [4.78, 5) is 24.5. The molecule has 2 aromatic rings. The quantitative estimate of drug-likeness (QED) is 0.659. The van der Waals surface area contributed by atoms with Gasteiger partial charge in [-0.3, -0.25) is 9.59 Å². The molecule has 1 saturated carbocycles. The van der Waals surface area contributed by atoms with Gasteiger partial charge in [0, 0.05) is 17.8 Å². The van der Waals surface area contributed by atoms with E-state index in [4.69, 9.17) is 0 Å². The van der Waals surface area contributed by atoms with Gasteiger partial charge in [0.1, 0.15) is 0 Å². The van der Waals surface area contributed by atoms with Crippen molar-refractivity contribution in [1.29, 1.82) is 0 Å². The lowest BCUT2D eigenvalue weighted by Crippen LogP contribution is -2.23. The van der Waals surface area contributed by atoms with Crippen LogP contribution < -0.4 is 10.6 Å². The smallest absolute Gasteiger partial charge is 0.251 e. The van der Waals surface area contributed by atoms with Crippen molar-refractivity contribution in [2.24, 2.45) is 5.92 Å². The van der Waals surface area contributed by atoms with E-state index in [1.165, 1.54) is 0 Å². The number of nitrogens with one attached hydrogen (secondary N) is 2. The van der Waals surface area contributed by atoms with Crippen LogP contribution in [0.4, 0.5) is 5.69 Å². The zero-order valence-corrected chi connectivity index (χ0v) is 17.3. The topological polar surface area (TPSA) is 92.3 Å². The SMILES string of the molecule is CCCNC(=O)c1ccc(NC(=O)Cc2ccc(S(=O)(=O)CC3CC3)cc2)cc1. The minimum absolute atomic E-state index is 0.138. The van der Waals surface area contributed by atoms with Crippen molar-refractivity contribution in [3.8, 4) is 0 Å². The maximum Gasteiger partial charge on any atom is 0.251 e. The maximum atomic E-state index is 12.3. The van der Waals surface area contributed by atoms with Gasteiger partial charge in [0.05, 0.1) is 17.1 Å². The van der Waals surface area contributed by atoms with E-state index in [0.717, 1.165) is 24.8 Å². The molecule has 2 N–H and O–H groups in total. The van der Waals surface area contributed by atoms with Crippen molar-refractivity contribution in [2.45, 2.75) is 37.5 Å². The van der Waals surface area contributed by atoms with Crippen LogP contribution in [-0.4, -0.2) is 32.5 Å². The van der Waals surface area contributed by atoms with Crippen molar-refractivity contribution >= 4 is 27.3 Å². The summed E-state index contributed by atoms with van der Waals surface area (Å²) in [5, 5.41) is 5.59. The van der Waals surface area contributed by atoms with E-state index in [-0.39, 0.29) is 24.0 Å². The average Bonchev–Trinajstić information content (AvgIpc) is 3.50. The zero-order valence-electron chi connectivity index (χ0n) is 16.5. The molecule has 0 aliphatic heterocycles. The molecule has 0 saturated heterocycles. The van der Waals surface area contributed by atoms with Gasteiger partial charge < -0.3 is 10.6 Å². The highest BCUT2D eigenvalue weighted by Gasteiger charge is 2.28. The van der Waals surface area contributed by atoms with Gasteiger partial charge in [-0.1, -0.05) is 19.1 Å². The van der Waals surface area contributed by atoms with E-state index >= 15 is 0 Å². The Morgan fingerprint density at radius 2 is 1.66 bits per heavy atom. The molecule has 1 fully saturated rings. The molecule has 6 nitrogen and oxygen atoms in total. The third-order valence-electron chi connectivity index (χ3n) is 4.77. The number of benzene rings is 2. The lowest BCUT2D eigenvalue weighted by molar-refractivity contribution is -0.115. The van der Waals surface area contributed by atoms with Gasteiger partial charge >= 0.3 is 0 Å². The number of rotatable bonds is 9. The molecule has 0 spiro atoms. The lowest BCUT2D eigenvalue weighted by Gasteiger charge is -2.08. The molecule has 0 atom stereocenters.